The van der Waals surface area contributed by atoms with Gasteiger partial charge in [-0.2, -0.15) is 0 Å². The monoisotopic (exact) mass is 138 g/mol. The van der Waals surface area contributed by atoms with Crippen LogP contribution >= 0.6 is 0 Å². The number of carbonyl (C=O) groups excluding carboxylic acids is 1. The van der Waals surface area contributed by atoms with Crippen molar-refractivity contribution in [3.63, 3.8) is 0 Å². The molecule has 52 valence electrons. The van der Waals surface area contributed by atoms with E-state index in [-0.39, 0.29) is 24.4 Å². The molecule has 0 unspecified atom stereocenters. The smallest absolute Gasteiger partial charge is 0.148 e. The van der Waals surface area contributed by atoms with Gasteiger partial charge >= 0.3 is 0 Å². The lowest BCUT2D eigenvalue weighted by Gasteiger charge is -1.94. The molecule has 0 amide bonds. The van der Waals surface area contributed by atoms with E-state index in [1.165, 1.54) is 0 Å². The fourth-order valence-electron chi connectivity index (χ4n) is 1.57. The molecule has 0 radical (unpaired) electrons. The van der Waals surface area contributed by atoms with Crippen LogP contribution in [0.25, 0.3) is 0 Å². The van der Waals surface area contributed by atoms with Crippen molar-refractivity contribution in [3.8, 4) is 0 Å². The van der Waals surface area contributed by atoms with Crippen molar-refractivity contribution in [2.45, 2.75) is 24.4 Å². The molecular weight excluding hydrogens is 132 g/mol. The van der Waals surface area contributed by atoms with Crippen molar-refractivity contribution in [1.29, 1.82) is 0 Å². The van der Waals surface area contributed by atoms with Crippen LogP contribution in [0.1, 0.15) is 0 Å². The number of aldehydes is 1. The molecule has 2 fully saturated rings. The van der Waals surface area contributed by atoms with Gasteiger partial charge in [0.25, 0.3) is 0 Å². The number of hydrogen-bond acceptors (Lipinski definition) is 3. The molecule has 0 aromatic heterocycles. The Morgan fingerprint density at radius 1 is 1.40 bits per heavy atom. The van der Waals surface area contributed by atoms with E-state index < -0.39 is 0 Å². The van der Waals surface area contributed by atoms with Gasteiger partial charge in [-0.15, -0.1) is 0 Å². The topological polar surface area (TPSA) is 42.1 Å². The largest absolute Gasteiger partial charge is 0.362 e. The summed E-state index contributed by atoms with van der Waals surface area (Å²) in [6.45, 7) is 0. The number of hydrogen-bond donors (Lipinski definition) is 0. The van der Waals surface area contributed by atoms with E-state index in [1.807, 2.05) is 6.08 Å². The average Bonchev–Trinajstić information content (AvgIpc) is 2.78. The summed E-state index contributed by atoms with van der Waals surface area (Å²) in [6.07, 6.45) is 3.46. The van der Waals surface area contributed by atoms with Crippen molar-refractivity contribution < 1.29 is 14.3 Å². The lowest BCUT2D eigenvalue weighted by Crippen LogP contribution is -2.12. The first-order valence-electron chi connectivity index (χ1n) is 3.38. The normalized spacial score (nSPS) is 54.2. The van der Waals surface area contributed by atoms with Gasteiger partial charge in [-0.25, -0.2) is 0 Å². The fraction of sp³-hybridized carbons (Fsp3) is 0.571. The highest BCUT2D eigenvalue weighted by Gasteiger charge is 2.61. The van der Waals surface area contributed by atoms with Gasteiger partial charge in [0.2, 0.25) is 0 Å². The molecule has 10 heavy (non-hydrogen) atoms. The van der Waals surface area contributed by atoms with E-state index in [0.717, 1.165) is 11.9 Å². The minimum absolute atomic E-state index is 0.0706. The summed E-state index contributed by atoms with van der Waals surface area (Å²) in [5.41, 5.74) is 0.767. The van der Waals surface area contributed by atoms with Crippen LogP contribution in [0.2, 0.25) is 0 Å². The molecule has 0 saturated carbocycles. The standard InChI is InChI=1S/C7H6O3/c8-2-3-1-4-6(9-4)7-5(3)10-7/h1-2,4-7H/t4-,5+,6-,7+/m1/s1. The molecule has 4 atom stereocenters. The van der Waals surface area contributed by atoms with Gasteiger partial charge in [0.15, 0.2) is 0 Å². The van der Waals surface area contributed by atoms with Crippen LogP contribution in [-0.4, -0.2) is 30.7 Å². The minimum Gasteiger partial charge on any atom is -0.362 e. The minimum atomic E-state index is 0.0706. The third kappa shape index (κ3) is 0.458. The first-order chi connectivity index (χ1) is 4.90. The van der Waals surface area contributed by atoms with Crippen molar-refractivity contribution in [3.05, 3.63) is 11.6 Å². The molecule has 2 heterocycles. The Balaban J connectivity index is 2.00. The molecule has 0 aromatic rings. The molecule has 0 bridgehead atoms. The predicted molar refractivity (Wildman–Crippen MR) is 31.5 cm³/mol. The summed E-state index contributed by atoms with van der Waals surface area (Å²) in [4.78, 5) is 10.4. The lowest BCUT2D eigenvalue weighted by atomic mass is 10.0. The second kappa shape index (κ2) is 1.33. The van der Waals surface area contributed by atoms with Crippen LogP contribution in [0.4, 0.5) is 0 Å². The van der Waals surface area contributed by atoms with E-state index in [9.17, 15) is 4.79 Å². The summed E-state index contributed by atoms with van der Waals surface area (Å²) in [5.74, 6) is 0. The maximum Gasteiger partial charge on any atom is 0.148 e. The van der Waals surface area contributed by atoms with Crippen molar-refractivity contribution in [2.24, 2.45) is 0 Å². The summed E-state index contributed by atoms with van der Waals surface area (Å²) < 4.78 is 10.4. The predicted octanol–water partition coefficient (Wildman–Crippen LogP) is -0.340. The molecule has 0 aromatic carbocycles. The van der Waals surface area contributed by atoms with Gasteiger partial charge in [-0.05, 0) is 6.08 Å². The maximum atomic E-state index is 10.4. The van der Waals surface area contributed by atoms with E-state index in [1.54, 1.807) is 0 Å². The molecule has 3 aliphatic rings. The Kier molecular flexibility index (Phi) is 0.672. The summed E-state index contributed by atoms with van der Waals surface area (Å²) >= 11 is 0. The highest BCUT2D eigenvalue weighted by Crippen LogP contribution is 2.46. The van der Waals surface area contributed by atoms with E-state index in [4.69, 9.17) is 9.47 Å². The Morgan fingerprint density at radius 2 is 2.30 bits per heavy atom. The average molecular weight is 138 g/mol. The first kappa shape index (κ1) is 5.04. The van der Waals surface area contributed by atoms with Crippen LogP contribution in [0.3, 0.4) is 0 Å². The number of fused-ring (bicyclic) bond motifs is 3. The Hall–Kier alpha value is -0.670. The zero-order valence-corrected chi connectivity index (χ0v) is 5.19. The van der Waals surface area contributed by atoms with Gasteiger partial charge in [0, 0.05) is 5.57 Å². The van der Waals surface area contributed by atoms with Crippen molar-refractivity contribution in [1.82, 2.24) is 0 Å². The highest BCUT2D eigenvalue weighted by atomic mass is 16.7. The van der Waals surface area contributed by atoms with Crippen LogP contribution < -0.4 is 0 Å². The van der Waals surface area contributed by atoms with Gasteiger partial charge in [-0.1, -0.05) is 0 Å². The van der Waals surface area contributed by atoms with E-state index in [2.05, 4.69) is 0 Å². The third-order valence-corrected chi connectivity index (χ3v) is 2.23. The molecule has 2 aliphatic heterocycles. The number of rotatable bonds is 1. The number of ether oxygens (including phenoxy) is 2. The summed E-state index contributed by atoms with van der Waals surface area (Å²) in [7, 11) is 0. The van der Waals surface area contributed by atoms with Crippen LogP contribution in [0, 0.1) is 0 Å². The Morgan fingerprint density at radius 3 is 3.10 bits per heavy atom. The number of epoxide rings is 2. The van der Waals surface area contributed by atoms with Crippen LogP contribution in [0.5, 0.6) is 0 Å². The maximum absolute atomic E-state index is 10.4. The first-order valence-corrected chi connectivity index (χ1v) is 3.38. The van der Waals surface area contributed by atoms with Gasteiger partial charge < -0.3 is 9.47 Å². The van der Waals surface area contributed by atoms with E-state index >= 15 is 0 Å². The van der Waals surface area contributed by atoms with Crippen LogP contribution in [-0.2, 0) is 14.3 Å². The lowest BCUT2D eigenvalue weighted by molar-refractivity contribution is -0.105. The molecule has 3 rings (SSSR count). The molecule has 3 heteroatoms. The second-order valence-corrected chi connectivity index (χ2v) is 2.87. The Bertz CT molecular complexity index is 233. The second-order valence-electron chi connectivity index (χ2n) is 2.87. The molecule has 3 nitrogen and oxygen atoms in total. The number of carbonyl (C=O) groups is 1. The van der Waals surface area contributed by atoms with Gasteiger partial charge in [0.1, 0.15) is 30.7 Å². The molecular formula is C7H6O3. The molecule has 2 saturated heterocycles. The van der Waals surface area contributed by atoms with E-state index in [0.29, 0.717) is 0 Å². The molecule has 0 N–H and O–H groups in total. The Labute approximate surface area is 57.6 Å². The third-order valence-electron chi connectivity index (χ3n) is 2.23. The SMILES string of the molecule is O=CC1=C[C@H]2O[C@H]2[C@H]2O[C@@H]12. The van der Waals surface area contributed by atoms with Crippen LogP contribution in [0.15, 0.2) is 11.6 Å². The van der Waals surface area contributed by atoms with Crippen molar-refractivity contribution >= 4 is 6.29 Å². The zero-order chi connectivity index (χ0) is 6.72. The van der Waals surface area contributed by atoms with Gasteiger partial charge in [-0.3, -0.25) is 4.79 Å². The molecule has 0 spiro atoms. The fourth-order valence-corrected chi connectivity index (χ4v) is 1.57. The summed E-state index contributed by atoms with van der Waals surface area (Å²) in [5, 5.41) is 0. The highest BCUT2D eigenvalue weighted by molar-refractivity contribution is 5.77. The summed E-state index contributed by atoms with van der Waals surface area (Å²) in [6, 6.07) is 0. The van der Waals surface area contributed by atoms with Crippen molar-refractivity contribution in [2.75, 3.05) is 0 Å². The molecule has 1 aliphatic carbocycles. The zero-order valence-electron chi connectivity index (χ0n) is 5.19. The quantitative estimate of drug-likeness (QED) is 0.367. The van der Waals surface area contributed by atoms with Gasteiger partial charge in [0.05, 0.1) is 0 Å².